The molecule has 0 saturated carbocycles. The van der Waals surface area contributed by atoms with Crippen LogP contribution in [0.3, 0.4) is 0 Å². The van der Waals surface area contributed by atoms with Crippen LogP contribution in [0.5, 0.6) is 0 Å². The highest BCUT2D eigenvalue weighted by atomic mass is 32.2. The Hall–Kier alpha value is -3.52. The first-order valence-corrected chi connectivity index (χ1v) is 13.5. The number of hydrogen-bond donors (Lipinski definition) is 1. The molecule has 196 valence electrons. The molecule has 1 aromatic rings. The van der Waals surface area contributed by atoms with Crippen LogP contribution in [0.1, 0.15) is 18.9 Å². The number of carbonyl (C=O) groups is 3. The molecule has 0 aromatic heterocycles. The summed E-state index contributed by atoms with van der Waals surface area (Å²) in [5.41, 5.74) is 0.539. The summed E-state index contributed by atoms with van der Waals surface area (Å²) in [6.45, 7) is 2.54. The van der Waals surface area contributed by atoms with E-state index >= 15 is 0 Å². The number of amides is 2. The van der Waals surface area contributed by atoms with Gasteiger partial charge in [-0.3, -0.25) is 24.6 Å². The van der Waals surface area contributed by atoms with Gasteiger partial charge in [0.2, 0.25) is 5.71 Å². The van der Waals surface area contributed by atoms with E-state index in [9.17, 15) is 24.5 Å². The SMILES string of the molecule is CCCO/N=C(/C(=O)NC1C(=O)N2C(C(=O)OCc3ccc([N+](=O)[O-])cc3)=CCSC12)C1=CSCCO1. The Morgan fingerprint density at radius 2 is 2.11 bits per heavy atom. The summed E-state index contributed by atoms with van der Waals surface area (Å²) in [5.74, 6) is -0.298. The van der Waals surface area contributed by atoms with Crippen molar-refractivity contribution in [2.75, 3.05) is 24.7 Å². The lowest BCUT2D eigenvalue weighted by Gasteiger charge is -2.48. The number of fused-ring (bicyclic) bond motifs is 1. The van der Waals surface area contributed by atoms with E-state index in [1.165, 1.54) is 52.7 Å². The quantitative estimate of drug-likeness (QED) is 0.115. The number of non-ortho nitro benzene ring substituents is 1. The topological polar surface area (TPSA) is 150 Å². The Balaban J connectivity index is 1.38. The molecule has 1 aromatic carbocycles. The van der Waals surface area contributed by atoms with Crippen molar-refractivity contribution in [1.82, 2.24) is 10.2 Å². The molecule has 0 radical (unpaired) electrons. The molecule has 1 fully saturated rings. The molecule has 2 atom stereocenters. The molecule has 14 heteroatoms. The fourth-order valence-electron chi connectivity index (χ4n) is 3.57. The molecule has 3 heterocycles. The second-order valence-electron chi connectivity index (χ2n) is 7.95. The fourth-order valence-corrected chi connectivity index (χ4v) is 5.39. The normalized spacial score (nSPS) is 20.9. The molecule has 2 unspecified atom stereocenters. The van der Waals surface area contributed by atoms with E-state index in [-0.39, 0.29) is 29.5 Å². The first-order valence-electron chi connectivity index (χ1n) is 11.4. The Bertz CT molecular complexity index is 1170. The highest BCUT2D eigenvalue weighted by Gasteiger charge is 2.53. The van der Waals surface area contributed by atoms with Gasteiger partial charge in [0.15, 0.2) is 5.76 Å². The summed E-state index contributed by atoms with van der Waals surface area (Å²) < 4.78 is 10.9. The smallest absolute Gasteiger partial charge is 0.355 e. The van der Waals surface area contributed by atoms with Crippen LogP contribution < -0.4 is 5.32 Å². The number of thioether (sulfide) groups is 2. The zero-order valence-corrected chi connectivity index (χ0v) is 21.4. The Kier molecular flexibility index (Phi) is 8.71. The van der Waals surface area contributed by atoms with E-state index in [0.717, 1.165) is 5.75 Å². The monoisotopic (exact) mass is 548 g/mol. The number of nitro groups is 1. The molecule has 0 bridgehead atoms. The second kappa shape index (κ2) is 12.1. The summed E-state index contributed by atoms with van der Waals surface area (Å²) in [5, 5.41) is 18.6. The van der Waals surface area contributed by atoms with Crippen molar-refractivity contribution in [3.8, 4) is 0 Å². The van der Waals surface area contributed by atoms with Crippen molar-refractivity contribution < 1.29 is 33.6 Å². The summed E-state index contributed by atoms with van der Waals surface area (Å²) >= 11 is 2.88. The maximum Gasteiger partial charge on any atom is 0.355 e. The van der Waals surface area contributed by atoms with Crippen LogP contribution in [-0.4, -0.2) is 69.5 Å². The molecule has 4 rings (SSSR count). The molecular weight excluding hydrogens is 524 g/mol. The maximum absolute atomic E-state index is 13.0. The molecule has 1 saturated heterocycles. The van der Waals surface area contributed by atoms with Crippen LogP contribution in [0.2, 0.25) is 0 Å². The average Bonchev–Trinajstić information content (AvgIpc) is 2.92. The van der Waals surface area contributed by atoms with Gasteiger partial charge in [-0.15, -0.1) is 23.5 Å². The first kappa shape index (κ1) is 26.5. The van der Waals surface area contributed by atoms with Gasteiger partial charge in [-0.05, 0) is 30.2 Å². The minimum absolute atomic E-state index is 0.0500. The molecular formula is C23H24N4O8S2. The zero-order chi connectivity index (χ0) is 26.4. The number of benzene rings is 1. The lowest BCUT2D eigenvalue weighted by molar-refractivity contribution is -0.384. The van der Waals surface area contributed by atoms with Gasteiger partial charge < -0.3 is 19.6 Å². The third-order valence-electron chi connectivity index (χ3n) is 5.41. The van der Waals surface area contributed by atoms with Gasteiger partial charge in [-0.1, -0.05) is 12.1 Å². The van der Waals surface area contributed by atoms with E-state index in [4.69, 9.17) is 14.3 Å². The molecule has 1 N–H and O–H groups in total. The zero-order valence-electron chi connectivity index (χ0n) is 19.8. The van der Waals surface area contributed by atoms with Crippen molar-refractivity contribution in [3.63, 3.8) is 0 Å². The van der Waals surface area contributed by atoms with Gasteiger partial charge in [-0.25, -0.2) is 4.79 Å². The third kappa shape index (κ3) is 6.07. The highest BCUT2D eigenvalue weighted by molar-refractivity contribution is 8.02. The number of esters is 1. The van der Waals surface area contributed by atoms with E-state index in [2.05, 4.69) is 10.5 Å². The molecule has 3 aliphatic heterocycles. The average molecular weight is 549 g/mol. The molecule has 37 heavy (non-hydrogen) atoms. The molecule has 2 amide bonds. The number of nitrogens with zero attached hydrogens (tertiary/aromatic N) is 3. The van der Waals surface area contributed by atoms with Gasteiger partial charge in [-0.2, -0.15) is 0 Å². The molecule has 0 aliphatic carbocycles. The van der Waals surface area contributed by atoms with Crippen LogP contribution in [0.4, 0.5) is 5.69 Å². The lowest BCUT2D eigenvalue weighted by Crippen LogP contribution is -2.70. The predicted molar refractivity (Wildman–Crippen MR) is 136 cm³/mol. The number of rotatable bonds is 10. The van der Waals surface area contributed by atoms with Crippen LogP contribution in [0.15, 0.2) is 52.4 Å². The number of nitrogens with one attached hydrogen (secondary N) is 1. The van der Waals surface area contributed by atoms with Gasteiger partial charge in [0.05, 0.1) is 11.5 Å². The first-order chi connectivity index (χ1) is 17.9. The third-order valence-corrected chi connectivity index (χ3v) is 7.37. The minimum Gasteiger partial charge on any atom is -0.490 e. The van der Waals surface area contributed by atoms with Gasteiger partial charge in [0.1, 0.15) is 30.3 Å². The van der Waals surface area contributed by atoms with Crippen molar-refractivity contribution in [2.24, 2.45) is 5.16 Å². The molecule has 0 spiro atoms. The maximum atomic E-state index is 13.0. The van der Waals surface area contributed by atoms with Crippen LogP contribution >= 0.6 is 23.5 Å². The molecule has 12 nitrogen and oxygen atoms in total. The van der Waals surface area contributed by atoms with Gasteiger partial charge in [0.25, 0.3) is 17.5 Å². The van der Waals surface area contributed by atoms with E-state index < -0.39 is 34.1 Å². The Morgan fingerprint density at radius 1 is 1.32 bits per heavy atom. The lowest BCUT2D eigenvalue weighted by atomic mass is 10.0. The van der Waals surface area contributed by atoms with Gasteiger partial charge >= 0.3 is 5.97 Å². The fraction of sp³-hybridized carbons (Fsp3) is 0.391. The number of hydrogen-bond acceptors (Lipinski definition) is 11. The van der Waals surface area contributed by atoms with Crippen LogP contribution in [0, 0.1) is 10.1 Å². The number of ether oxygens (including phenoxy) is 2. The summed E-state index contributed by atoms with van der Waals surface area (Å²) in [4.78, 5) is 55.5. The van der Waals surface area contributed by atoms with Gasteiger partial charge in [0, 0.05) is 29.0 Å². The van der Waals surface area contributed by atoms with E-state index in [1.54, 1.807) is 11.5 Å². The summed E-state index contributed by atoms with van der Waals surface area (Å²) in [6.07, 6.45) is 2.30. The van der Waals surface area contributed by atoms with Crippen LogP contribution in [0.25, 0.3) is 0 Å². The number of oxime groups is 1. The largest absolute Gasteiger partial charge is 0.490 e. The van der Waals surface area contributed by atoms with Crippen LogP contribution in [-0.2, 0) is 35.3 Å². The summed E-state index contributed by atoms with van der Waals surface area (Å²) in [6, 6.07) is 4.76. The van der Waals surface area contributed by atoms with E-state index in [0.29, 0.717) is 31.0 Å². The Labute approximate surface area is 220 Å². The molecule has 3 aliphatic rings. The van der Waals surface area contributed by atoms with Crippen molar-refractivity contribution in [3.05, 3.63) is 62.9 Å². The number of β-lactam (4-membered cyclic amide) rings is 1. The number of carbonyl (C=O) groups excluding carboxylic acids is 3. The standard InChI is InChI=1S/C23H24N4O8S2/c1-2-8-35-25-18(17-13-36-11-9-33-17)20(28)24-19-21(29)26-16(7-10-37-22(19)26)23(30)34-12-14-3-5-15(6-4-14)27(31)32/h3-7,13,19,22H,2,8-12H2,1H3,(H,24,28)/b25-18+. The van der Waals surface area contributed by atoms with E-state index in [1.807, 2.05) is 6.92 Å². The van der Waals surface area contributed by atoms with Crippen molar-refractivity contribution >= 4 is 52.7 Å². The number of nitro benzene ring substituents is 1. The summed E-state index contributed by atoms with van der Waals surface area (Å²) in [7, 11) is 0. The minimum atomic E-state index is -0.864. The van der Waals surface area contributed by atoms with Crippen molar-refractivity contribution in [2.45, 2.75) is 31.4 Å². The second-order valence-corrected chi connectivity index (χ2v) is 10.1. The Morgan fingerprint density at radius 3 is 2.78 bits per heavy atom. The van der Waals surface area contributed by atoms with Crippen molar-refractivity contribution in [1.29, 1.82) is 0 Å². The highest BCUT2D eigenvalue weighted by Crippen LogP contribution is 2.38. The predicted octanol–water partition coefficient (Wildman–Crippen LogP) is 2.31.